The predicted octanol–water partition coefficient (Wildman–Crippen LogP) is 3.05. The Hall–Kier alpha value is -2.37. The van der Waals surface area contributed by atoms with Crippen LogP contribution >= 0.6 is 0 Å². The van der Waals surface area contributed by atoms with Gasteiger partial charge in [-0.3, -0.25) is 9.59 Å². The van der Waals surface area contributed by atoms with Gasteiger partial charge in [-0.25, -0.2) is 4.79 Å². The summed E-state index contributed by atoms with van der Waals surface area (Å²) < 4.78 is 5.37. The maximum atomic E-state index is 12.5. The molecule has 1 aromatic carbocycles. The fourth-order valence-electron chi connectivity index (χ4n) is 3.83. The number of hydrogen-bond donors (Lipinski definition) is 1. The van der Waals surface area contributed by atoms with E-state index in [2.05, 4.69) is 12.2 Å². The summed E-state index contributed by atoms with van der Waals surface area (Å²) >= 11 is 0. The van der Waals surface area contributed by atoms with Crippen molar-refractivity contribution in [1.82, 2.24) is 5.32 Å². The molecule has 2 aliphatic rings. The second-order valence-electron chi connectivity index (χ2n) is 7.62. The number of ether oxygens (including phenoxy) is 1. The molecule has 27 heavy (non-hydrogen) atoms. The van der Waals surface area contributed by atoms with Crippen molar-refractivity contribution < 1.29 is 19.1 Å². The van der Waals surface area contributed by atoms with Crippen LogP contribution in [0.25, 0.3) is 0 Å². The first-order chi connectivity index (χ1) is 13.0. The number of esters is 1. The quantitative estimate of drug-likeness (QED) is 0.806. The first kappa shape index (κ1) is 19.4. The molecule has 1 heterocycles. The van der Waals surface area contributed by atoms with Crippen molar-refractivity contribution in [2.75, 3.05) is 11.4 Å². The van der Waals surface area contributed by atoms with Crippen molar-refractivity contribution in [3.8, 4) is 0 Å². The fraction of sp³-hybridized carbons (Fsp3) is 0.571. The molecule has 0 aromatic heterocycles. The van der Waals surface area contributed by atoms with E-state index in [-0.39, 0.29) is 17.9 Å². The van der Waals surface area contributed by atoms with Gasteiger partial charge in [0.1, 0.15) is 0 Å². The third kappa shape index (κ3) is 4.67. The van der Waals surface area contributed by atoms with Crippen molar-refractivity contribution in [3.05, 3.63) is 29.8 Å². The number of nitrogens with one attached hydrogen (secondary N) is 1. The van der Waals surface area contributed by atoms with Crippen LogP contribution in [0.2, 0.25) is 0 Å². The topological polar surface area (TPSA) is 75.7 Å². The lowest BCUT2D eigenvalue weighted by molar-refractivity contribution is -0.130. The number of carbonyl (C=O) groups excluding carboxylic acids is 3. The van der Waals surface area contributed by atoms with Crippen LogP contribution in [-0.2, 0) is 14.3 Å². The molecular formula is C21H28N2O4. The Morgan fingerprint density at radius 2 is 2.00 bits per heavy atom. The molecule has 0 radical (unpaired) electrons. The van der Waals surface area contributed by atoms with E-state index in [1.54, 1.807) is 36.1 Å². The molecule has 146 valence electrons. The number of rotatable bonds is 5. The average molecular weight is 372 g/mol. The molecule has 2 amide bonds. The third-order valence-corrected chi connectivity index (χ3v) is 5.56. The van der Waals surface area contributed by atoms with Crippen LogP contribution in [0, 0.1) is 5.92 Å². The molecule has 3 rings (SSSR count). The summed E-state index contributed by atoms with van der Waals surface area (Å²) in [7, 11) is 0. The maximum absolute atomic E-state index is 12.5. The SMILES string of the molecule is C[C@@H]1CCCC[C@H]1NC(=O)[C@@H](C)OC(=O)c1cccc(N2CCCC2=O)c1. The van der Waals surface area contributed by atoms with Crippen LogP contribution in [0.5, 0.6) is 0 Å². The van der Waals surface area contributed by atoms with Crippen LogP contribution < -0.4 is 10.2 Å². The van der Waals surface area contributed by atoms with Crippen molar-refractivity contribution in [2.24, 2.45) is 5.92 Å². The summed E-state index contributed by atoms with van der Waals surface area (Å²) in [6.45, 7) is 4.40. The minimum atomic E-state index is -0.858. The zero-order chi connectivity index (χ0) is 19.4. The van der Waals surface area contributed by atoms with Gasteiger partial charge in [-0.15, -0.1) is 0 Å². The van der Waals surface area contributed by atoms with Gasteiger partial charge in [-0.1, -0.05) is 25.8 Å². The molecule has 0 spiro atoms. The molecule has 0 unspecified atom stereocenters. The highest BCUT2D eigenvalue weighted by Crippen LogP contribution is 2.24. The fourth-order valence-corrected chi connectivity index (χ4v) is 3.83. The lowest BCUT2D eigenvalue weighted by Crippen LogP contribution is -2.46. The van der Waals surface area contributed by atoms with E-state index in [4.69, 9.17) is 4.74 Å². The Bertz CT molecular complexity index is 718. The number of nitrogens with zero attached hydrogens (tertiary/aromatic N) is 1. The zero-order valence-electron chi connectivity index (χ0n) is 16.1. The van der Waals surface area contributed by atoms with Gasteiger partial charge in [0.25, 0.3) is 5.91 Å². The minimum absolute atomic E-state index is 0.0647. The number of hydrogen-bond acceptors (Lipinski definition) is 4. The van der Waals surface area contributed by atoms with E-state index in [9.17, 15) is 14.4 Å². The molecule has 3 atom stereocenters. The standard InChI is InChI=1S/C21H28N2O4/c1-14-7-3-4-10-18(14)22-20(25)15(2)27-21(26)16-8-5-9-17(13-16)23-12-6-11-19(23)24/h5,8-9,13-15,18H,3-4,6-7,10-12H2,1-2H3,(H,22,25)/t14-,15-,18-/m1/s1. The number of amides is 2. The van der Waals surface area contributed by atoms with Crippen molar-refractivity contribution >= 4 is 23.5 Å². The highest BCUT2D eigenvalue weighted by Gasteiger charge is 2.27. The van der Waals surface area contributed by atoms with E-state index in [1.165, 1.54) is 6.42 Å². The molecule has 1 aliphatic heterocycles. The van der Waals surface area contributed by atoms with Gasteiger partial charge in [0.2, 0.25) is 5.91 Å². The summed E-state index contributed by atoms with van der Waals surface area (Å²) in [6.07, 6.45) is 4.90. The third-order valence-electron chi connectivity index (χ3n) is 5.56. The Labute approximate surface area is 160 Å². The normalized spacial score (nSPS) is 23.8. The van der Waals surface area contributed by atoms with E-state index < -0.39 is 12.1 Å². The van der Waals surface area contributed by atoms with E-state index in [1.807, 2.05) is 0 Å². The minimum Gasteiger partial charge on any atom is -0.449 e. The summed E-state index contributed by atoms with van der Waals surface area (Å²) in [5, 5.41) is 3.02. The van der Waals surface area contributed by atoms with E-state index in [0.717, 1.165) is 25.7 Å². The van der Waals surface area contributed by atoms with Crippen LogP contribution in [0.1, 0.15) is 62.7 Å². The molecule has 1 N–H and O–H groups in total. The van der Waals surface area contributed by atoms with Crippen LogP contribution in [0.4, 0.5) is 5.69 Å². The van der Waals surface area contributed by atoms with Gasteiger partial charge in [0, 0.05) is 24.7 Å². The molecule has 1 aromatic rings. The van der Waals surface area contributed by atoms with Gasteiger partial charge >= 0.3 is 5.97 Å². The molecule has 1 aliphatic carbocycles. The van der Waals surface area contributed by atoms with Crippen molar-refractivity contribution in [2.45, 2.75) is 64.5 Å². The Kier molecular flexibility index (Phi) is 6.14. The number of carbonyl (C=O) groups is 3. The average Bonchev–Trinajstić information content (AvgIpc) is 3.09. The summed E-state index contributed by atoms with van der Waals surface area (Å²) in [5.74, 6) is -0.300. The highest BCUT2D eigenvalue weighted by molar-refractivity contribution is 5.98. The first-order valence-electron chi connectivity index (χ1n) is 9.87. The largest absolute Gasteiger partial charge is 0.449 e. The monoisotopic (exact) mass is 372 g/mol. The van der Waals surface area contributed by atoms with E-state index in [0.29, 0.717) is 30.1 Å². The summed E-state index contributed by atoms with van der Waals surface area (Å²) in [6, 6.07) is 6.98. The van der Waals surface area contributed by atoms with Crippen LogP contribution in [0.3, 0.4) is 0 Å². The lowest BCUT2D eigenvalue weighted by atomic mass is 9.86. The first-order valence-corrected chi connectivity index (χ1v) is 9.87. The smallest absolute Gasteiger partial charge is 0.338 e. The van der Waals surface area contributed by atoms with Crippen molar-refractivity contribution in [1.29, 1.82) is 0 Å². The molecule has 6 nitrogen and oxygen atoms in total. The van der Waals surface area contributed by atoms with Gasteiger partial charge in [0.15, 0.2) is 6.10 Å². The molecule has 0 bridgehead atoms. The number of benzene rings is 1. The van der Waals surface area contributed by atoms with Gasteiger partial charge in [-0.2, -0.15) is 0 Å². The van der Waals surface area contributed by atoms with Crippen molar-refractivity contribution in [3.63, 3.8) is 0 Å². The second kappa shape index (κ2) is 8.55. The summed E-state index contributed by atoms with van der Waals surface area (Å²) in [5.41, 5.74) is 1.04. The Balaban J connectivity index is 1.59. The molecule has 1 saturated carbocycles. The van der Waals surface area contributed by atoms with Gasteiger partial charge in [-0.05, 0) is 50.3 Å². The highest BCUT2D eigenvalue weighted by atomic mass is 16.5. The molecule has 6 heteroatoms. The van der Waals surface area contributed by atoms with E-state index >= 15 is 0 Å². The predicted molar refractivity (Wildman–Crippen MR) is 102 cm³/mol. The maximum Gasteiger partial charge on any atom is 0.338 e. The second-order valence-corrected chi connectivity index (χ2v) is 7.62. The lowest BCUT2D eigenvalue weighted by Gasteiger charge is -2.30. The van der Waals surface area contributed by atoms with Crippen LogP contribution in [0.15, 0.2) is 24.3 Å². The summed E-state index contributed by atoms with van der Waals surface area (Å²) in [4.78, 5) is 38.4. The van der Waals surface area contributed by atoms with Gasteiger partial charge in [0.05, 0.1) is 5.56 Å². The Morgan fingerprint density at radius 1 is 1.22 bits per heavy atom. The van der Waals surface area contributed by atoms with Gasteiger partial charge < -0.3 is 15.0 Å². The van der Waals surface area contributed by atoms with Crippen LogP contribution in [-0.4, -0.2) is 36.5 Å². The zero-order valence-corrected chi connectivity index (χ0v) is 16.1. The molecule has 2 fully saturated rings. The Morgan fingerprint density at radius 3 is 2.70 bits per heavy atom. The number of anilines is 1. The molecular weight excluding hydrogens is 344 g/mol. The molecule has 1 saturated heterocycles.